The average molecular weight is 456 g/mol. The van der Waals surface area contributed by atoms with Crippen LogP contribution in [0, 0.1) is 0 Å². The standard InChI is InChI=1S/C22H27Cl2NO3S/c1-3-8-28-9-5-10-29(26,27)18-7-4-6-16(11-18)20-14-25(2)15-21-19(20)12-17(23)13-22(21)24/h4,6-7,11-13,20H,3,5,8-10,14-15H2,1-2H3. The third-order valence-electron chi connectivity index (χ3n) is 5.16. The number of likely N-dealkylation sites (N-methyl/N-ethyl adjacent to an activating group) is 1. The number of hydrogen-bond donors (Lipinski definition) is 0. The van der Waals surface area contributed by atoms with E-state index in [9.17, 15) is 8.42 Å². The van der Waals surface area contributed by atoms with Crippen LogP contribution in [-0.4, -0.2) is 45.9 Å². The van der Waals surface area contributed by atoms with E-state index >= 15 is 0 Å². The van der Waals surface area contributed by atoms with Gasteiger partial charge in [-0.25, -0.2) is 8.42 Å². The number of rotatable bonds is 8. The fourth-order valence-electron chi connectivity index (χ4n) is 3.77. The van der Waals surface area contributed by atoms with Gasteiger partial charge >= 0.3 is 0 Å². The normalized spacial score (nSPS) is 17.3. The SMILES string of the molecule is CCCOCCCS(=O)(=O)c1cccc(C2CN(C)Cc3c(Cl)cc(Cl)cc32)c1. The molecule has 7 heteroatoms. The van der Waals surface area contributed by atoms with Gasteiger partial charge in [-0.15, -0.1) is 0 Å². The molecule has 0 saturated carbocycles. The molecule has 0 N–H and O–H groups in total. The van der Waals surface area contributed by atoms with Crippen LogP contribution in [0.25, 0.3) is 0 Å². The average Bonchev–Trinajstić information content (AvgIpc) is 2.68. The van der Waals surface area contributed by atoms with Crippen LogP contribution in [0.2, 0.25) is 10.0 Å². The fraction of sp³-hybridized carbons (Fsp3) is 0.455. The van der Waals surface area contributed by atoms with Crippen molar-refractivity contribution < 1.29 is 13.2 Å². The summed E-state index contributed by atoms with van der Waals surface area (Å²) in [6, 6.07) is 11.0. The van der Waals surface area contributed by atoms with Crippen LogP contribution in [0.1, 0.15) is 42.4 Å². The van der Waals surface area contributed by atoms with E-state index in [1.165, 1.54) is 0 Å². The summed E-state index contributed by atoms with van der Waals surface area (Å²) >= 11 is 12.7. The Morgan fingerprint density at radius 2 is 1.97 bits per heavy atom. The number of fused-ring (bicyclic) bond motifs is 1. The molecule has 29 heavy (non-hydrogen) atoms. The molecule has 1 heterocycles. The lowest BCUT2D eigenvalue weighted by atomic mass is 9.85. The summed E-state index contributed by atoms with van der Waals surface area (Å²) in [6.07, 6.45) is 1.42. The van der Waals surface area contributed by atoms with E-state index in [0.717, 1.165) is 36.2 Å². The first-order chi connectivity index (χ1) is 13.8. The number of halogens is 2. The molecule has 0 bridgehead atoms. The second kappa shape index (κ2) is 9.80. The first-order valence-electron chi connectivity index (χ1n) is 9.88. The van der Waals surface area contributed by atoms with Crippen LogP contribution in [0.3, 0.4) is 0 Å². The highest BCUT2D eigenvalue weighted by atomic mass is 35.5. The van der Waals surface area contributed by atoms with Gasteiger partial charge < -0.3 is 9.64 Å². The number of nitrogens with zero attached hydrogens (tertiary/aromatic N) is 1. The number of benzene rings is 2. The van der Waals surface area contributed by atoms with Crippen LogP contribution in [0.15, 0.2) is 41.3 Å². The molecule has 0 saturated heterocycles. The predicted octanol–water partition coefficient (Wildman–Crippen LogP) is 5.16. The summed E-state index contributed by atoms with van der Waals surface area (Å²) in [7, 11) is -1.32. The van der Waals surface area contributed by atoms with Gasteiger partial charge in [-0.1, -0.05) is 42.3 Å². The molecular weight excluding hydrogens is 429 g/mol. The second-order valence-electron chi connectivity index (χ2n) is 7.56. The van der Waals surface area contributed by atoms with Gasteiger partial charge in [-0.2, -0.15) is 0 Å². The quantitative estimate of drug-likeness (QED) is 0.515. The lowest BCUT2D eigenvalue weighted by molar-refractivity contribution is 0.136. The van der Waals surface area contributed by atoms with Crippen molar-refractivity contribution in [2.75, 3.05) is 32.6 Å². The van der Waals surface area contributed by atoms with Gasteiger partial charge in [0.1, 0.15) is 0 Å². The maximum Gasteiger partial charge on any atom is 0.178 e. The van der Waals surface area contributed by atoms with Gasteiger partial charge in [-0.05, 0) is 60.8 Å². The van der Waals surface area contributed by atoms with Crippen molar-refractivity contribution >= 4 is 33.0 Å². The molecule has 1 atom stereocenters. The van der Waals surface area contributed by atoms with Gasteiger partial charge in [-0.3, -0.25) is 0 Å². The first kappa shape index (κ1) is 22.6. The van der Waals surface area contributed by atoms with Crippen molar-refractivity contribution in [1.82, 2.24) is 4.90 Å². The third-order valence-corrected chi connectivity index (χ3v) is 7.52. The summed E-state index contributed by atoms with van der Waals surface area (Å²) in [4.78, 5) is 2.55. The number of sulfone groups is 1. The highest BCUT2D eigenvalue weighted by molar-refractivity contribution is 7.91. The Morgan fingerprint density at radius 3 is 2.72 bits per heavy atom. The molecule has 0 aromatic heterocycles. The lowest BCUT2D eigenvalue weighted by Crippen LogP contribution is -2.31. The van der Waals surface area contributed by atoms with Gasteiger partial charge in [0.05, 0.1) is 10.6 Å². The van der Waals surface area contributed by atoms with Gasteiger partial charge in [0.15, 0.2) is 9.84 Å². The molecule has 3 rings (SSSR count). The number of ether oxygens (including phenoxy) is 1. The Bertz CT molecular complexity index is 963. The van der Waals surface area contributed by atoms with E-state index in [4.69, 9.17) is 27.9 Å². The number of hydrogen-bond acceptors (Lipinski definition) is 4. The van der Waals surface area contributed by atoms with E-state index < -0.39 is 9.84 Å². The molecule has 0 amide bonds. The molecule has 158 valence electrons. The summed E-state index contributed by atoms with van der Waals surface area (Å²) in [6.45, 7) is 4.68. The van der Waals surface area contributed by atoms with Crippen LogP contribution >= 0.6 is 23.2 Å². The van der Waals surface area contributed by atoms with E-state index in [1.807, 2.05) is 32.2 Å². The van der Waals surface area contributed by atoms with Crippen LogP contribution in [0.5, 0.6) is 0 Å². The van der Waals surface area contributed by atoms with E-state index in [-0.39, 0.29) is 11.7 Å². The zero-order chi connectivity index (χ0) is 21.0. The molecule has 0 fully saturated rings. The Labute approximate surface area is 183 Å². The fourth-order valence-corrected chi connectivity index (χ4v) is 5.67. The molecule has 2 aromatic rings. The summed E-state index contributed by atoms with van der Waals surface area (Å²) < 4.78 is 31.0. The monoisotopic (exact) mass is 455 g/mol. The largest absolute Gasteiger partial charge is 0.381 e. The van der Waals surface area contributed by atoms with Gasteiger partial charge in [0.25, 0.3) is 0 Å². The molecule has 1 aliphatic rings. The van der Waals surface area contributed by atoms with Crippen molar-refractivity contribution in [2.45, 2.75) is 37.1 Å². The van der Waals surface area contributed by atoms with Gasteiger partial charge in [0, 0.05) is 42.3 Å². The molecule has 4 nitrogen and oxygen atoms in total. The minimum absolute atomic E-state index is 0.0167. The molecule has 0 radical (unpaired) electrons. The smallest absolute Gasteiger partial charge is 0.178 e. The Kier molecular flexibility index (Phi) is 7.63. The van der Waals surface area contributed by atoms with Crippen LogP contribution in [-0.2, 0) is 21.1 Å². The molecule has 1 unspecified atom stereocenters. The van der Waals surface area contributed by atoms with E-state index in [1.54, 1.807) is 18.2 Å². The highest BCUT2D eigenvalue weighted by Gasteiger charge is 2.28. The zero-order valence-corrected chi connectivity index (χ0v) is 19.2. The van der Waals surface area contributed by atoms with Crippen molar-refractivity contribution in [3.05, 3.63) is 63.1 Å². The van der Waals surface area contributed by atoms with E-state index in [2.05, 4.69) is 4.90 Å². The maximum atomic E-state index is 12.8. The summed E-state index contributed by atoms with van der Waals surface area (Å²) in [5, 5.41) is 1.25. The predicted molar refractivity (Wildman–Crippen MR) is 119 cm³/mol. The van der Waals surface area contributed by atoms with E-state index in [0.29, 0.717) is 34.6 Å². The highest BCUT2D eigenvalue weighted by Crippen LogP contribution is 2.38. The molecule has 0 spiro atoms. The summed E-state index contributed by atoms with van der Waals surface area (Å²) in [5.74, 6) is 0.0990. The van der Waals surface area contributed by atoms with Crippen molar-refractivity contribution in [3.8, 4) is 0 Å². The molecule has 2 aromatic carbocycles. The van der Waals surface area contributed by atoms with Crippen molar-refractivity contribution in [1.29, 1.82) is 0 Å². The molecule has 0 aliphatic carbocycles. The molecular formula is C22H27Cl2NO3S. The van der Waals surface area contributed by atoms with Crippen molar-refractivity contribution in [2.24, 2.45) is 0 Å². The minimum Gasteiger partial charge on any atom is -0.381 e. The molecule has 1 aliphatic heterocycles. The topological polar surface area (TPSA) is 46.6 Å². The Balaban J connectivity index is 1.87. The maximum absolute atomic E-state index is 12.8. The van der Waals surface area contributed by atoms with Crippen LogP contribution < -0.4 is 0 Å². The first-order valence-corrected chi connectivity index (χ1v) is 12.3. The lowest BCUT2D eigenvalue weighted by Gasteiger charge is -2.33. The van der Waals surface area contributed by atoms with Crippen molar-refractivity contribution in [3.63, 3.8) is 0 Å². The minimum atomic E-state index is -3.36. The van der Waals surface area contributed by atoms with Crippen LogP contribution in [0.4, 0.5) is 0 Å². The third kappa shape index (κ3) is 5.53. The van der Waals surface area contributed by atoms with Gasteiger partial charge in [0.2, 0.25) is 0 Å². The Hall–Kier alpha value is -1.11. The summed E-state index contributed by atoms with van der Waals surface area (Å²) in [5.41, 5.74) is 3.08. The second-order valence-corrected chi connectivity index (χ2v) is 10.5. The Morgan fingerprint density at radius 1 is 1.17 bits per heavy atom. The zero-order valence-electron chi connectivity index (χ0n) is 16.8.